The lowest BCUT2D eigenvalue weighted by atomic mass is 10.0. The fraction of sp³-hybridized carbons (Fsp3) is 0.158. The van der Waals surface area contributed by atoms with Crippen molar-refractivity contribution in [3.63, 3.8) is 0 Å². The zero-order valence-electron chi connectivity index (χ0n) is 15.0. The Labute approximate surface area is 158 Å². The average molecular weight is 378 g/mol. The first-order valence-electron chi connectivity index (χ1n) is 8.50. The minimum absolute atomic E-state index is 0.171. The van der Waals surface area contributed by atoms with Crippen molar-refractivity contribution in [1.82, 2.24) is 15.3 Å². The largest absolute Gasteiger partial charge is 0.454 e. The van der Waals surface area contributed by atoms with Crippen LogP contribution in [0.25, 0.3) is 22.4 Å². The van der Waals surface area contributed by atoms with Gasteiger partial charge in [-0.15, -0.1) is 0 Å². The second kappa shape index (κ2) is 6.08. The van der Waals surface area contributed by atoms with E-state index in [0.29, 0.717) is 45.4 Å². The van der Waals surface area contributed by atoms with Crippen LogP contribution in [0.3, 0.4) is 0 Å². The van der Waals surface area contributed by atoms with Crippen molar-refractivity contribution in [2.75, 3.05) is 12.1 Å². The second-order valence-corrected chi connectivity index (χ2v) is 6.37. The first kappa shape index (κ1) is 16.3. The highest BCUT2D eigenvalue weighted by atomic mass is 16.7. The van der Waals surface area contributed by atoms with E-state index in [9.17, 15) is 4.79 Å². The van der Waals surface area contributed by atoms with Gasteiger partial charge in [-0.05, 0) is 38.1 Å². The van der Waals surface area contributed by atoms with Crippen LogP contribution in [-0.4, -0.2) is 28.0 Å². The molecule has 1 aliphatic rings. The number of aromatic nitrogens is 3. The number of anilines is 1. The Morgan fingerprint density at radius 3 is 2.71 bits per heavy atom. The maximum atomic E-state index is 12.9. The van der Waals surface area contributed by atoms with E-state index in [1.165, 1.54) is 0 Å². The van der Waals surface area contributed by atoms with Crippen LogP contribution in [0.15, 0.2) is 39.4 Å². The van der Waals surface area contributed by atoms with Gasteiger partial charge in [0.05, 0.1) is 10.9 Å². The fourth-order valence-corrected chi connectivity index (χ4v) is 3.10. The summed E-state index contributed by atoms with van der Waals surface area (Å²) in [4.78, 5) is 17.3. The number of rotatable bonds is 3. The minimum atomic E-state index is -0.367. The average Bonchev–Trinajstić information content (AvgIpc) is 3.39. The molecule has 28 heavy (non-hydrogen) atoms. The molecular weight excluding hydrogens is 364 g/mol. The highest BCUT2D eigenvalue weighted by Gasteiger charge is 2.23. The molecule has 0 radical (unpaired) electrons. The number of nitrogens with zero attached hydrogens (tertiary/aromatic N) is 3. The maximum Gasteiger partial charge on any atom is 0.259 e. The molecule has 3 aromatic heterocycles. The summed E-state index contributed by atoms with van der Waals surface area (Å²) in [5, 5.41) is 11.2. The van der Waals surface area contributed by atoms with Gasteiger partial charge in [0.2, 0.25) is 6.79 Å². The Bertz CT molecular complexity index is 1230. The molecule has 0 atom stereocenters. The van der Waals surface area contributed by atoms with Crippen LogP contribution < -0.4 is 14.8 Å². The van der Waals surface area contributed by atoms with Gasteiger partial charge in [-0.1, -0.05) is 10.3 Å². The molecule has 9 heteroatoms. The molecule has 1 N–H and O–H groups in total. The standard InChI is InChI=1S/C19H14N4O5/c1-9-5-12(18(24)21-15-6-10(2)27-22-15)16-17(23-28-19(16)20-9)11-3-4-13-14(7-11)26-8-25-13/h3-7H,8H2,1-2H3,(H,21,22,24). The number of pyridine rings is 1. The summed E-state index contributed by atoms with van der Waals surface area (Å²) < 4.78 is 21.2. The molecule has 5 rings (SSSR count). The zero-order valence-corrected chi connectivity index (χ0v) is 15.0. The Hall–Kier alpha value is -3.88. The van der Waals surface area contributed by atoms with E-state index in [2.05, 4.69) is 20.6 Å². The number of amides is 1. The molecule has 0 spiro atoms. The lowest BCUT2D eigenvalue weighted by molar-refractivity contribution is 0.102. The summed E-state index contributed by atoms with van der Waals surface area (Å²) in [5.41, 5.74) is 2.48. The Kier molecular flexibility index (Phi) is 3.54. The molecule has 0 aliphatic carbocycles. The second-order valence-electron chi connectivity index (χ2n) is 6.37. The highest BCUT2D eigenvalue weighted by molar-refractivity contribution is 6.14. The number of hydrogen-bond acceptors (Lipinski definition) is 8. The van der Waals surface area contributed by atoms with Crippen LogP contribution in [0.4, 0.5) is 5.82 Å². The van der Waals surface area contributed by atoms with Crippen LogP contribution in [0.5, 0.6) is 11.5 Å². The van der Waals surface area contributed by atoms with Crippen molar-refractivity contribution in [3.05, 3.63) is 47.3 Å². The Morgan fingerprint density at radius 2 is 1.89 bits per heavy atom. The van der Waals surface area contributed by atoms with Crippen molar-refractivity contribution in [2.45, 2.75) is 13.8 Å². The number of hydrogen-bond donors (Lipinski definition) is 1. The zero-order chi connectivity index (χ0) is 19.3. The molecule has 4 aromatic rings. The number of nitrogens with one attached hydrogen (secondary N) is 1. The molecule has 1 amide bonds. The monoisotopic (exact) mass is 378 g/mol. The molecule has 0 bridgehead atoms. The summed E-state index contributed by atoms with van der Waals surface area (Å²) in [6.45, 7) is 3.69. The molecule has 1 aliphatic heterocycles. The van der Waals surface area contributed by atoms with E-state index in [-0.39, 0.29) is 18.4 Å². The van der Waals surface area contributed by atoms with Gasteiger partial charge in [-0.3, -0.25) is 4.79 Å². The lowest BCUT2D eigenvalue weighted by Gasteiger charge is -2.06. The topological polar surface area (TPSA) is 113 Å². The third-order valence-corrected chi connectivity index (χ3v) is 4.33. The van der Waals surface area contributed by atoms with Crippen LogP contribution in [-0.2, 0) is 0 Å². The van der Waals surface area contributed by atoms with E-state index < -0.39 is 0 Å². The van der Waals surface area contributed by atoms with E-state index >= 15 is 0 Å². The van der Waals surface area contributed by atoms with Gasteiger partial charge in [-0.2, -0.15) is 0 Å². The van der Waals surface area contributed by atoms with E-state index in [0.717, 1.165) is 5.56 Å². The van der Waals surface area contributed by atoms with Gasteiger partial charge in [0.1, 0.15) is 11.5 Å². The number of carbonyl (C=O) groups excluding carboxylic acids is 1. The molecule has 1 aromatic carbocycles. The van der Waals surface area contributed by atoms with Gasteiger partial charge in [0, 0.05) is 17.3 Å². The van der Waals surface area contributed by atoms with Crippen molar-refractivity contribution < 1.29 is 23.3 Å². The molecule has 0 saturated heterocycles. The number of carbonyl (C=O) groups is 1. The smallest absolute Gasteiger partial charge is 0.259 e. The fourth-order valence-electron chi connectivity index (χ4n) is 3.10. The minimum Gasteiger partial charge on any atom is -0.454 e. The van der Waals surface area contributed by atoms with Gasteiger partial charge >= 0.3 is 0 Å². The van der Waals surface area contributed by atoms with E-state index in [1.807, 2.05) is 6.07 Å². The third kappa shape index (κ3) is 2.64. The molecule has 9 nitrogen and oxygen atoms in total. The Morgan fingerprint density at radius 1 is 1.04 bits per heavy atom. The van der Waals surface area contributed by atoms with Gasteiger partial charge < -0.3 is 23.8 Å². The third-order valence-electron chi connectivity index (χ3n) is 4.33. The lowest BCUT2D eigenvalue weighted by Crippen LogP contribution is -2.13. The number of ether oxygens (including phenoxy) is 2. The molecule has 0 saturated carbocycles. The number of fused-ring (bicyclic) bond motifs is 2. The van der Waals surface area contributed by atoms with Crippen molar-refractivity contribution in [2.24, 2.45) is 0 Å². The van der Waals surface area contributed by atoms with Crippen LogP contribution in [0.1, 0.15) is 21.8 Å². The van der Waals surface area contributed by atoms with Crippen molar-refractivity contribution in [3.8, 4) is 22.8 Å². The van der Waals surface area contributed by atoms with E-state index in [1.54, 1.807) is 38.1 Å². The van der Waals surface area contributed by atoms with Crippen molar-refractivity contribution >= 4 is 22.8 Å². The maximum absolute atomic E-state index is 12.9. The molecule has 4 heterocycles. The van der Waals surface area contributed by atoms with Crippen LogP contribution in [0.2, 0.25) is 0 Å². The summed E-state index contributed by atoms with van der Waals surface area (Å²) in [6.07, 6.45) is 0. The summed E-state index contributed by atoms with van der Waals surface area (Å²) in [7, 11) is 0. The highest BCUT2D eigenvalue weighted by Crippen LogP contribution is 2.38. The molecule has 0 unspecified atom stereocenters. The normalized spacial score (nSPS) is 12.5. The predicted molar refractivity (Wildman–Crippen MR) is 97.3 cm³/mol. The van der Waals surface area contributed by atoms with Gasteiger partial charge in [0.15, 0.2) is 17.3 Å². The van der Waals surface area contributed by atoms with Gasteiger partial charge in [-0.25, -0.2) is 4.98 Å². The first-order valence-corrected chi connectivity index (χ1v) is 8.50. The number of aryl methyl sites for hydroxylation is 2. The molecule has 140 valence electrons. The quantitative estimate of drug-likeness (QED) is 0.577. The summed E-state index contributed by atoms with van der Waals surface area (Å²) in [6, 6.07) is 8.72. The molecule has 0 fully saturated rings. The Balaban J connectivity index is 1.63. The number of benzene rings is 1. The summed E-state index contributed by atoms with van der Waals surface area (Å²) in [5.74, 6) is 1.82. The van der Waals surface area contributed by atoms with Crippen LogP contribution in [0, 0.1) is 13.8 Å². The van der Waals surface area contributed by atoms with Crippen molar-refractivity contribution in [1.29, 1.82) is 0 Å². The summed E-state index contributed by atoms with van der Waals surface area (Å²) >= 11 is 0. The van der Waals surface area contributed by atoms with E-state index in [4.69, 9.17) is 18.5 Å². The molecular formula is C19H14N4O5. The predicted octanol–water partition coefficient (Wildman–Crippen LogP) is 3.48. The van der Waals surface area contributed by atoms with Crippen LogP contribution >= 0.6 is 0 Å². The first-order chi connectivity index (χ1) is 13.6. The van der Waals surface area contributed by atoms with Gasteiger partial charge in [0.25, 0.3) is 11.6 Å². The SMILES string of the molecule is Cc1cc(C(=O)Nc2cc(C)on2)c2c(-c3ccc4c(c3)OCO4)noc2n1.